The van der Waals surface area contributed by atoms with E-state index in [1.165, 1.54) is 0 Å². The van der Waals surface area contributed by atoms with Crippen LogP contribution < -0.4 is 0 Å². The molecular weight excluding hydrogens is 194 g/mol. The van der Waals surface area contributed by atoms with Gasteiger partial charge in [-0.3, -0.25) is 0 Å². The normalized spacial score (nSPS) is 34.7. The number of epoxide rings is 1. The first-order chi connectivity index (χ1) is 6.80. The van der Waals surface area contributed by atoms with Gasteiger partial charge in [-0.05, 0) is 34.1 Å². The molecule has 0 spiro atoms. The predicted octanol–water partition coefficient (Wildman–Crippen LogP) is 1.78. The van der Waals surface area contributed by atoms with Crippen molar-refractivity contribution in [2.75, 3.05) is 13.1 Å². The highest BCUT2D eigenvalue weighted by Crippen LogP contribution is 2.43. The van der Waals surface area contributed by atoms with Crippen molar-refractivity contribution in [2.24, 2.45) is 0 Å². The lowest BCUT2D eigenvalue weighted by Crippen LogP contribution is -2.44. The van der Waals surface area contributed by atoms with Crippen molar-refractivity contribution in [2.45, 2.75) is 51.4 Å². The molecule has 0 saturated carbocycles. The molecule has 2 fully saturated rings. The summed E-state index contributed by atoms with van der Waals surface area (Å²) < 4.78 is 10.8. The van der Waals surface area contributed by atoms with Crippen LogP contribution in [-0.4, -0.2) is 41.4 Å². The van der Waals surface area contributed by atoms with E-state index in [0.717, 1.165) is 13.0 Å². The predicted molar refractivity (Wildman–Crippen MR) is 55.7 cm³/mol. The third kappa shape index (κ3) is 2.25. The quantitative estimate of drug-likeness (QED) is 0.576. The highest BCUT2D eigenvalue weighted by molar-refractivity contribution is 5.68. The smallest absolute Gasteiger partial charge is 0.410 e. The summed E-state index contributed by atoms with van der Waals surface area (Å²) in [6.07, 6.45) is 0.913. The average Bonchev–Trinajstić information content (AvgIpc) is 2.71. The molecule has 4 nitrogen and oxygen atoms in total. The third-order valence-electron chi connectivity index (χ3n) is 2.95. The Kier molecular flexibility index (Phi) is 2.23. The first-order valence-electron chi connectivity index (χ1n) is 5.46. The van der Waals surface area contributed by atoms with E-state index < -0.39 is 5.60 Å². The van der Waals surface area contributed by atoms with Gasteiger partial charge in [0.05, 0.1) is 12.1 Å². The second-order valence-corrected chi connectivity index (χ2v) is 5.60. The fourth-order valence-electron chi connectivity index (χ4n) is 1.88. The van der Waals surface area contributed by atoms with Gasteiger partial charge < -0.3 is 14.4 Å². The molecule has 1 amide bonds. The van der Waals surface area contributed by atoms with Gasteiger partial charge in [0.15, 0.2) is 0 Å². The molecule has 86 valence electrons. The van der Waals surface area contributed by atoms with Crippen molar-refractivity contribution in [1.82, 2.24) is 4.90 Å². The summed E-state index contributed by atoms with van der Waals surface area (Å²) in [5.41, 5.74) is -0.374. The molecule has 0 aromatic rings. The number of piperidine rings is 1. The van der Waals surface area contributed by atoms with E-state index in [1.807, 2.05) is 20.8 Å². The maximum Gasteiger partial charge on any atom is 0.410 e. The molecule has 0 aliphatic carbocycles. The Labute approximate surface area is 90.5 Å². The van der Waals surface area contributed by atoms with E-state index in [4.69, 9.17) is 9.47 Å². The Morgan fingerprint density at radius 3 is 2.73 bits per heavy atom. The van der Waals surface area contributed by atoms with Crippen LogP contribution in [0.3, 0.4) is 0 Å². The zero-order chi connectivity index (χ0) is 11.3. The second-order valence-electron chi connectivity index (χ2n) is 5.60. The minimum atomic E-state index is -0.414. The van der Waals surface area contributed by atoms with Gasteiger partial charge in [0.25, 0.3) is 0 Å². The summed E-state index contributed by atoms with van der Waals surface area (Å²) in [7, 11) is 0. The highest BCUT2D eigenvalue weighted by Gasteiger charge is 2.56. The van der Waals surface area contributed by atoms with Crippen LogP contribution in [0.2, 0.25) is 0 Å². The van der Waals surface area contributed by atoms with E-state index in [-0.39, 0.29) is 17.8 Å². The van der Waals surface area contributed by atoms with Crippen molar-refractivity contribution in [3.63, 3.8) is 0 Å². The number of hydrogen-bond acceptors (Lipinski definition) is 3. The molecule has 2 saturated heterocycles. The number of carbonyl (C=O) groups excluding carboxylic acids is 1. The number of hydrogen-bond donors (Lipinski definition) is 0. The molecule has 2 rings (SSSR count). The Balaban J connectivity index is 1.88. The zero-order valence-corrected chi connectivity index (χ0v) is 9.87. The van der Waals surface area contributed by atoms with E-state index in [0.29, 0.717) is 6.54 Å². The van der Waals surface area contributed by atoms with Crippen LogP contribution in [0.5, 0.6) is 0 Å². The van der Waals surface area contributed by atoms with E-state index in [2.05, 4.69) is 6.92 Å². The number of likely N-dealkylation sites (tertiary alicyclic amines) is 1. The molecule has 0 N–H and O–H groups in total. The highest BCUT2D eigenvalue weighted by atomic mass is 16.6. The van der Waals surface area contributed by atoms with E-state index in [9.17, 15) is 4.79 Å². The number of ether oxygens (including phenoxy) is 2. The maximum absolute atomic E-state index is 11.7. The fourth-order valence-corrected chi connectivity index (χ4v) is 1.88. The lowest BCUT2D eigenvalue weighted by Gasteiger charge is -2.29. The van der Waals surface area contributed by atoms with E-state index in [1.54, 1.807) is 4.90 Å². The van der Waals surface area contributed by atoms with Crippen LogP contribution in [0, 0.1) is 0 Å². The molecule has 0 bridgehead atoms. The summed E-state index contributed by atoms with van der Waals surface area (Å²) in [6.45, 7) is 9.16. The molecule has 0 aromatic heterocycles. The van der Waals surface area contributed by atoms with Crippen LogP contribution >= 0.6 is 0 Å². The molecule has 4 heteroatoms. The minimum absolute atomic E-state index is 0.0402. The number of carbonyl (C=O) groups is 1. The van der Waals surface area contributed by atoms with Crippen LogP contribution in [0.25, 0.3) is 0 Å². The van der Waals surface area contributed by atoms with Crippen LogP contribution in [-0.2, 0) is 9.47 Å². The average molecular weight is 213 g/mol. The molecule has 2 aliphatic heterocycles. The van der Waals surface area contributed by atoms with Gasteiger partial charge in [-0.1, -0.05) is 0 Å². The molecule has 2 aliphatic rings. The van der Waals surface area contributed by atoms with Crippen molar-refractivity contribution in [3.05, 3.63) is 0 Å². The number of nitrogens with zero attached hydrogens (tertiary/aromatic N) is 1. The Hall–Kier alpha value is -0.770. The SMILES string of the molecule is CC(C)(C)OC(=O)N1CC[C@@]2(C)O[C@H]2C1. The molecule has 0 aromatic carbocycles. The fraction of sp³-hybridized carbons (Fsp3) is 0.909. The number of rotatable bonds is 0. The molecular formula is C11H19NO3. The monoisotopic (exact) mass is 213 g/mol. The summed E-state index contributed by atoms with van der Waals surface area (Å²) in [5.74, 6) is 0. The van der Waals surface area contributed by atoms with Crippen molar-refractivity contribution < 1.29 is 14.3 Å². The standard InChI is InChI=1S/C11H19NO3/c1-10(2,3)15-9(13)12-6-5-11(4)8(7-12)14-11/h8H,5-7H2,1-4H3/t8-,11+/m0/s1. The van der Waals surface area contributed by atoms with Gasteiger partial charge in [-0.15, -0.1) is 0 Å². The largest absolute Gasteiger partial charge is 0.444 e. The second kappa shape index (κ2) is 3.11. The Morgan fingerprint density at radius 1 is 1.53 bits per heavy atom. The van der Waals surface area contributed by atoms with Crippen LogP contribution in [0.15, 0.2) is 0 Å². The van der Waals surface area contributed by atoms with Crippen molar-refractivity contribution >= 4 is 6.09 Å². The number of amides is 1. The Bertz CT molecular complexity index is 284. The Morgan fingerprint density at radius 2 is 2.20 bits per heavy atom. The van der Waals surface area contributed by atoms with Crippen molar-refractivity contribution in [1.29, 1.82) is 0 Å². The van der Waals surface area contributed by atoms with Gasteiger partial charge in [0.1, 0.15) is 11.7 Å². The first kappa shape index (κ1) is 10.7. The zero-order valence-electron chi connectivity index (χ0n) is 9.87. The summed E-state index contributed by atoms with van der Waals surface area (Å²) >= 11 is 0. The molecule has 0 unspecified atom stereocenters. The summed E-state index contributed by atoms with van der Waals surface area (Å²) in [4.78, 5) is 13.5. The van der Waals surface area contributed by atoms with Gasteiger partial charge in [-0.25, -0.2) is 4.79 Å². The van der Waals surface area contributed by atoms with Gasteiger partial charge in [0.2, 0.25) is 0 Å². The molecule has 2 atom stereocenters. The first-order valence-corrected chi connectivity index (χ1v) is 5.46. The maximum atomic E-state index is 11.7. The van der Waals surface area contributed by atoms with E-state index >= 15 is 0 Å². The van der Waals surface area contributed by atoms with Crippen LogP contribution in [0.4, 0.5) is 4.79 Å². The molecule has 0 radical (unpaired) electrons. The lowest BCUT2D eigenvalue weighted by atomic mass is 9.99. The lowest BCUT2D eigenvalue weighted by molar-refractivity contribution is 0.0220. The van der Waals surface area contributed by atoms with Crippen LogP contribution in [0.1, 0.15) is 34.1 Å². The van der Waals surface area contributed by atoms with Gasteiger partial charge >= 0.3 is 6.09 Å². The van der Waals surface area contributed by atoms with Crippen molar-refractivity contribution in [3.8, 4) is 0 Å². The minimum Gasteiger partial charge on any atom is -0.444 e. The number of fused-ring (bicyclic) bond motifs is 1. The third-order valence-corrected chi connectivity index (χ3v) is 2.95. The summed E-state index contributed by atoms with van der Waals surface area (Å²) in [6, 6.07) is 0. The molecule has 15 heavy (non-hydrogen) atoms. The van der Waals surface area contributed by atoms with Gasteiger partial charge in [0, 0.05) is 6.54 Å². The van der Waals surface area contributed by atoms with Gasteiger partial charge in [-0.2, -0.15) is 0 Å². The topological polar surface area (TPSA) is 42.1 Å². The summed E-state index contributed by atoms with van der Waals surface area (Å²) in [5, 5.41) is 0. The molecule has 2 heterocycles.